The summed E-state index contributed by atoms with van der Waals surface area (Å²) in [5.74, 6) is 0. The molecule has 0 saturated carbocycles. The van der Waals surface area contributed by atoms with Crippen molar-refractivity contribution in [1.82, 2.24) is 0 Å². The predicted molar refractivity (Wildman–Crippen MR) is 324 cm³/mol. The summed E-state index contributed by atoms with van der Waals surface area (Å²) in [6.45, 7) is 0. The van der Waals surface area contributed by atoms with Crippen LogP contribution in [0.1, 0.15) is 0 Å². The maximum absolute atomic E-state index is 2.48. The average Bonchev–Trinajstić information content (AvgIpc) is 4.03. The van der Waals surface area contributed by atoms with Gasteiger partial charge in [0, 0.05) is 40.3 Å². The van der Waals surface area contributed by atoms with Gasteiger partial charge >= 0.3 is 0 Å². The summed E-state index contributed by atoms with van der Waals surface area (Å²) < 4.78 is 5.29. The lowest BCUT2D eigenvalue weighted by Gasteiger charge is -2.20. The Bertz CT molecular complexity index is 5000. The molecule has 2 heterocycles. The summed E-state index contributed by atoms with van der Waals surface area (Å²) in [5, 5.41) is 20.5. The molecular formula is C72H42S2. The Balaban J connectivity index is 0.947. The Morgan fingerprint density at radius 2 is 0.554 bits per heavy atom. The Morgan fingerprint density at radius 3 is 1.14 bits per heavy atom. The van der Waals surface area contributed by atoms with Gasteiger partial charge in [-0.15, -0.1) is 22.7 Å². The molecule has 16 aromatic rings. The van der Waals surface area contributed by atoms with Gasteiger partial charge in [0.25, 0.3) is 0 Å². The molecule has 14 aromatic carbocycles. The number of rotatable bonds is 5. The molecule has 0 aliphatic rings. The smallest absolute Gasteiger partial charge is 0.0433 e. The lowest BCUT2D eigenvalue weighted by atomic mass is 9.83. The van der Waals surface area contributed by atoms with Crippen LogP contribution in [0.2, 0.25) is 0 Å². The van der Waals surface area contributed by atoms with Crippen LogP contribution in [0.4, 0.5) is 0 Å². The van der Waals surface area contributed by atoms with Crippen LogP contribution in [0.3, 0.4) is 0 Å². The van der Waals surface area contributed by atoms with Crippen LogP contribution in [0.25, 0.3) is 161 Å². The molecule has 0 radical (unpaired) electrons. The minimum atomic E-state index is 1.19. The highest BCUT2D eigenvalue weighted by atomic mass is 32.1. The van der Waals surface area contributed by atoms with E-state index in [1.54, 1.807) is 0 Å². The highest BCUT2D eigenvalue weighted by Crippen LogP contribution is 2.50. The van der Waals surface area contributed by atoms with Crippen molar-refractivity contribution in [2.75, 3.05) is 0 Å². The van der Waals surface area contributed by atoms with Gasteiger partial charge < -0.3 is 0 Å². The monoisotopic (exact) mass is 970 g/mol. The molecule has 0 aliphatic heterocycles. The van der Waals surface area contributed by atoms with Gasteiger partial charge in [-0.05, 0) is 157 Å². The van der Waals surface area contributed by atoms with E-state index in [2.05, 4.69) is 255 Å². The third-order valence-electron chi connectivity index (χ3n) is 15.8. The molecule has 0 unspecified atom stereocenters. The van der Waals surface area contributed by atoms with Gasteiger partial charge in [-0.2, -0.15) is 0 Å². The highest BCUT2D eigenvalue weighted by molar-refractivity contribution is 7.27. The van der Waals surface area contributed by atoms with Gasteiger partial charge in [-0.25, -0.2) is 0 Å². The lowest BCUT2D eigenvalue weighted by Crippen LogP contribution is -1.93. The number of hydrogen-bond donors (Lipinski definition) is 0. The molecule has 0 spiro atoms. The fraction of sp³-hybridized carbons (Fsp3) is 0. The Labute approximate surface area is 435 Å². The lowest BCUT2D eigenvalue weighted by molar-refractivity contribution is 1.64. The van der Waals surface area contributed by atoms with Crippen LogP contribution >= 0.6 is 22.7 Å². The van der Waals surface area contributed by atoms with E-state index in [0.717, 1.165) is 0 Å². The summed E-state index contributed by atoms with van der Waals surface area (Å²) >= 11 is 3.81. The van der Waals surface area contributed by atoms with Crippen LogP contribution in [0.5, 0.6) is 0 Å². The number of thiophene rings is 2. The number of hydrogen-bond acceptors (Lipinski definition) is 2. The van der Waals surface area contributed by atoms with E-state index in [9.17, 15) is 0 Å². The second kappa shape index (κ2) is 16.3. The fourth-order valence-electron chi connectivity index (χ4n) is 12.4. The zero-order valence-corrected chi connectivity index (χ0v) is 41.7. The van der Waals surface area contributed by atoms with Crippen molar-refractivity contribution in [3.05, 3.63) is 255 Å². The van der Waals surface area contributed by atoms with Crippen molar-refractivity contribution in [1.29, 1.82) is 0 Å². The third-order valence-corrected chi connectivity index (χ3v) is 18.1. The molecule has 16 rings (SSSR count). The fourth-order valence-corrected chi connectivity index (χ4v) is 14.9. The van der Waals surface area contributed by atoms with Gasteiger partial charge in [-0.3, -0.25) is 0 Å². The molecule has 0 aliphatic carbocycles. The molecule has 0 atom stereocenters. The van der Waals surface area contributed by atoms with Gasteiger partial charge in [0.15, 0.2) is 0 Å². The first kappa shape index (κ1) is 41.7. The second-order valence-corrected chi connectivity index (χ2v) is 22.0. The van der Waals surface area contributed by atoms with E-state index < -0.39 is 0 Å². The first-order valence-electron chi connectivity index (χ1n) is 25.5. The molecule has 0 nitrogen and oxygen atoms in total. The molecule has 74 heavy (non-hydrogen) atoms. The zero-order valence-electron chi connectivity index (χ0n) is 40.1. The minimum Gasteiger partial charge on any atom is -0.135 e. The molecule has 342 valence electrons. The molecule has 2 aromatic heterocycles. The van der Waals surface area contributed by atoms with Crippen molar-refractivity contribution in [2.45, 2.75) is 0 Å². The van der Waals surface area contributed by atoms with Crippen molar-refractivity contribution >= 4 is 128 Å². The van der Waals surface area contributed by atoms with E-state index >= 15 is 0 Å². The van der Waals surface area contributed by atoms with E-state index in [-0.39, 0.29) is 0 Å². The first-order chi connectivity index (χ1) is 36.7. The topological polar surface area (TPSA) is 0 Å². The second-order valence-electron chi connectivity index (χ2n) is 19.8. The molecular weight excluding hydrogens is 929 g/mol. The molecule has 0 N–H and O–H groups in total. The maximum Gasteiger partial charge on any atom is 0.0433 e. The van der Waals surface area contributed by atoms with Crippen LogP contribution in [-0.4, -0.2) is 0 Å². The third kappa shape index (κ3) is 6.32. The quantitative estimate of drug-likeness (QED) is 0.151. The van der Waals surface area contributed by atoms with Crippen LogP contribution in [-0.2, 0) is 0 Å². The molecule has 0 saturated heterocycles. The van der Waals surface area contributed by atoms with Gasteiger partial charge in [0.2, 0.25) is 0 Å². The van der Waals surface area contributed by atoms with E-state index in [1.165, 1.54) is 161 Å². The van der Waals surface area contributed by atoms with Crippen molar-refractivity contribution < 1.29 is 0 Å². The summed E-state index contributed by atoms with van der Waals surface area (Å²) in [4.78, 5) is 0. The van der Waals surface area contributed by atoms with E-state index in [4.69, 9.17) is 0 Å². The highest BCUT2D eigenvalue weighted by Gasteiger charge is 2.22. The number of fused-ring (bicyclic) bond motifs is 13. The summed E-state index contributed by atoms with van der Waals surface area (Å²) in [6.07, 6.45) is 0. The summed E-state index contributed by atoms with van der Waals surface area (Å²) in [7, 11) is 0. The molecule has 2 heteroatoms. The normalized spacial score (nSPS) is 12.1. The predicted octanol–water partition coefficient (Wildman–Crippen LogP) is 21.7. The standard InChI is InChI=1S/C72H42S2/c1-3-16-44(17-4-1)68-55-23-11-14-26-58(55)71(51-31-33-54-62-37-46-20-7-8-21-47(46)40-67(62)73-65(54)41-51)64-39-49(28-34-59(64)68)48-29-35-60-63(38-48)69(45-18-5-2-6-19-45)56-24-12-13-25-57(56)70(60)50-30-32-53-61-36-27-43-15-9-10-22-52(43)72(61)74-66(53)42-50/h1-42H. The zero-order chi connectivity index (χ0) is 48.4. The first-order valence-corrected chi connectivity index (χ1v) is 27.1. The minimum absolute atomic E-state index is 1.19. The maximum atomic E-state index is 2.48. The SMILES string of the molecule is c1ccc(-c2c3ccccc3c(-c3ccc4c(c3)sc3cc5ccccc5cc34)c3cc(-c4ccc5c(-c6ccc7c(c6)sc6c8ccccc8ccc76)c6ccccc6c(-c6ccccc6)c5c4)ccc23)cc1. The van der Waals surface area contributed by atoms with E-state index in [0.29, 0.717) is 0 Å². The summed E-state index contributed by atoms with van der Waals surface area (Å²) in [5.41, 5.74) is 12.4. The van der Waals surface area contributed by atoms with Crippen molar-refractivity contribution in [2.24, 2.45) is 0 Å². The largest absolute Gasteiger partial charge is 0.135 e. The van der Waals surface area contributed by atoms with Crippen molar-refractivity contribution in [3.8, 4) is 55.6 Å². The average molecular weight is 971 g/mol. The Hall–Kier alpha value is -8.92. The Kier molecular flexibility index (Phi) is 9.18. The molecule has 0 bridgehead atoms. The molecule has 0 amide bonds. The van der Waals surface area contributed by atoms with Crippen LogP contribution < -0.4 is 0 Å². The van der Waals surface area contributed by atoms with Gasteiger partial charge in [0.05, 0.1) is 0 Å². The summed E-state index contributed by atoms with van der Waals surface area (Å²) in [6, 6.07) is 95.7. The van der Waals surface area contributed by atoms with Crippen molar-refractivity contribution in [3.63, 3.8) is 0 Å². The van der Waals surface area contributed by atoms with Gasteiger partial charge in [-0.1, -0.05) is 218 Å². The van der Waals surface area contributed by atoms with Crippen LogP contribution in [0, 0.1) is 0 Å². The Morgan fingerprint density at radius 1 is 0.176 bits per heavy atom. The van der Waals surface area contributed by atoms with Gasteiger partial charge in [0.1, 0.15) is 0 Å². The van der Waals surface area contributed by atoms with E-state index in [1.807, 2.05) is 22.7 Å². The van der Waals surface area contributed by atoms with Crippen LogP contribution in [0.15, 0.2) is 255 Å². The number of benzene rings is 14. The molecule has 0 fully saturated rings.